The highest BCUT2D eigenvalue weighted by Gasteiger charge is 2.28. The van der Waals surface area contributed by atoms with Crippen molar-refractivity contribution in [3.8, 4) is 6.07 Å². The van der Waals surface area contributed by atoms with Crippen LogP contribution in [0.15, 0.2) is 121 Å². The highest BCUT2D eigenvalue weighted by Crippen LogP contribution is 2.24. The minimum absolute atomic E-state index is 0. The van der Waals surface area contributed by atoms with Gasteiger partial charge >= 0.3 is 11.9 Å². The zero-order valence-corrected chi connectivity index (χ0v) is 39.5. The van der Waals surface area contributed by atoms with Gasteiger partial charge in [-0.05, 0) is 124 Å². The molecule has 19 heteroatoms. The van der Waals surface area contributed by atoms with Crippen molar-refractivity contribution in [2.75, 3.05) is 32.6 Å². The van der Waals surface area contributed by atoms with Gasteiger partial charge in [0.05, 0.1) is 37.5 Å². The highest BCUT2D eigenvalue weighted by molar-refractivity contribution is 9.10. The summed E-state index contributed by atoms with van der Waals surface area (Å²) in [5, 5.41) is 12.1. The number of halogens is 7. The van der Waals surface area contributed by atoms with Crippen LogP contribution in [0, 0.1) is 40.4 Å². The fourth-order valence-corrected chi connectivity index (χ4v) is 6.62. The first kappa shape index (κ1) is 55.0. The third kappa shape index (κ3) is 15.7. The lowest BCUT2D eigenvalue weighted by Gasteiger charge is -2.11. The molecule has 8 rings (SSSR count). The molecule has 3 aliphatic heterocycles. The van der Waals surface area contributed by atoms with Crippen LogP contribution in [0.2, 0.25) is 0 Å². The number of methoxy groups -OCH3 is 2. The van der Waals surface area contributed by atoms with Crippen molar-refractivity contribution in [2.45, 2.75) is 19.6 Å². The van der Waals surface area contributed by atoms with Gasteiger partial charge in [0.15, 0.2) is 0 Å². The average Bonchev–Trinajstić information content (AvgIpc) is 3.96. The zero-order chi connectivity index (χ0) is 50.5. The zero-order valence-electron chi connectivity index (χ0n) is 36.3. The molecule has 0 saturated heterocycles. The number of nitrogens with one attached hydrogen (secondary N) is 1. The van der Waals surface area contributed by atoms with Crippen LogP contribution >= 0.6 is 31.9 Å². The Labute approximate surface area is 406 Å². The van der Waals surface area contributed by atoms with Gasteiger partial charge in [0.1, 0.15) is 41.4 Å². The van der Waals surface area contributed by atoms with Crippen molar-refractivity contribution in [3.63, 3.8) is 0 Å². The van der Waals surface area contributed by atoms with Gasteiger partial charge in [0, 0.05) is 54.1 Å². The van der Waals surface area contributed by atoms with Crippen molar-refractivity contribution >= 4 is 67.8 Å². The molecule has 356 valence electrons. The summed E-state index contributed by atoms with van der Waals surface area (Å²) < 4.78 is 72.6. The molecule has 0 fully saturated rings. The number of carbonyl (C=O) groups excluding carboxylic acids is 6. The van der Waals surface area contributed by atoms with Crippen molar-refractivity contribution in [3.05, 3.63) is 200 Å². The molecule has 3 heterocycles. The lowest BCUT2D eigenvalue weighted by atomic mass is 10.1. The lowest BCUT2D eigenvalue weighted by molar-refractivity contribution is -0.108. The molecule has 0 aliphatic carbocycles. The van der Waals surface area contributed by atoms with Crippen LogP contribution in [-0.4, -0.2) is 78.4 Å². The minimum Gasteiger partial charge on any atom is -0.465 e. The third-order valence-electron chi connectivity index (χ3n) is 9.24. The minimum atomic E-state index is -0.642. The van der Waals surface area contributed by atoms with Gasteiger partial charge in [-0.1, -0.05) is 28.1 Å². The molecule has 3 aliphatic rings. The molecule has 0 unspecified atom stereocenters. The van der Waals surface area contributed by atoms with Crippen molar-refractivity contribution in [1.82, 2.24) is 15.1 Å². The van der Waals surface area contributed by atoms with Crippen LogP contribution in [0.4, 0.5) is 22.0 Å². The van der Waals surface area contributed by atoms with E-state index in [0.29, 0.717) is 64.8 Å². The Morgan fingerprint density at radius 2 is 1.12 bits per heavy atom. The predicted octanol–water partition coefficient (Wildman–Crippen LogP) is 9.69. The van der Waals surface area contributed by atoms with E-state index in [-0.39, 0.29) is 54.3 Å². The molecule has 0 bridgehead atoms. The fourth-order valence-electron chi connectivity index (χ4n) is 6.10. The van der Waals surface area contributed by atoms with Crippen molar-refractivity contribution in [1.29, 1.82) is 5.26 Å². The standard InChI is InChI=1S/C11H10FNO.C10H8FNO2.C9H6FNO2.C8H6BrFO2.C8H6FNO.C3H5Br.H2/c1-2-5-13-7-8-6-9(12)3-4-10(8)11(13)14;11-8-1-2-9-7(5-8)6-12(3-4-13)10(9)14;1-13-9(12)8-3-2-7(10)4-6(8)5-11;1-12-8(11)6-3-2-5(10)4-7(6)9;9-6-1-2-7-5(3-6)4-10-8(7)11;1-2-3-4;/h2-4,6H,1,5,7H2;1-2,4-5H,3,6H2;2-4H,1H3;2-4H,1H3;1-3H,4H2,(H,10,11);2H,1,3H2;1H. The number of rotatable bonds is 7. The first-order chi connectivity index (χ1) is 32.5. The SMILES string of the molecule is C=CCBr.C=CCN1Cc2cc(F)ccc2C1=O.COC(=O)c1ccc(F)cc1Br.COC(=O)c1ccc(F)cc1C#N.O=C1NCc2cc(F)ccc21.O=CCN1Cc2cc(F)ccc2C1=O.[HH]. The number of fused-ring (bicyclic) bond motifs is 3. The largest absolute Gasteiger partial charge is 0.465 e. The highest BCUT2D eigenvalue weighted by atomic mass is 79.9. The van der Waals surface area contributed by atoms with Crippen LogP contribution < -0.4 is 5.32 Å². The second-order valence-corrected chi connectivity index (χ2v) is 15.3. The third-order valence-corrected chi connectivity index (χ3v) is 10.4. The Hall–Kier alpha value is -7.30. The molecule has 1 N–H and O–H groups in total. The number of nitrogens with zero attached hydrogens (tertiary/aromatic N) is 3. The first-order valence-corrected chi connectivity index (χ1v) is 21.6. The van der Waals surface area contributed by atoms with E-state index in [4.69, 9.17) is 5.26 Å². The van der Waals surface area contributed by atoms with E-state index in [1.165, 1.54) is 98.0 Å². The number of hydrogen-bond acceptors (Lipinski definition) is 9. The molecule has 12 nitrogen and oxygen atoms in total. The van der Waals surface area contributed by atoms with Gasteiger partial charge in [-0.3, -0.25) is 14.4 Å². The molecule has 5 aromatic carbocycles. The maximum absolute atomic E-state index is 12.9. The summed E-state index contributed by atoms with van der Waals surface area (Å²) in [5.74, 6) is -3.37. The number of nitriles is 1. The van der Waals surface area contributed by atoms with Gasteiger partial charge < -0.3 is 29.4 Å². The number of alkyl halides is 1. The summed E-state index contributed by atoms with van der Waals surface area (Å²) in [6.07, 6.45) is 4.13. The smallest absolute Gasteiger partial charge is 0.339 e. The molecular formula is C49H43Br2F5N4O8. The van der Waals surface area contributed by atoms with Gasteiger partial charge in [-0.25, -0.2) is 31.5 Å². The summed E-state index contributed by atoms with van der Waals surface area (Å²) in [6.45, 7) is 8.84. The summed E-state index contributed by atoms with van der Waals surface area (Å²) in [4.78, 5) is 69.4. The number of amides is 3. The predicted molar refractivity (Wildman–Crippen MR) is 250 cm³/mol. The van der Waals surface area contributed by atoms with Gasteiger partial charge in [-0.15, -0.1) is 13.2 Å². The van der Waals surface area contributed by atoms with Crippen LogP contribution in [0.5, 0.6) is 0 Å². The molecule has 5 aromatic rings. The number of allylic oxidation sites excluding steroid dienone is 1. The molecule has 3 amide bonds. The Bertz CT molecular complexity index is 2660. The van der Waals surface area contributed by atoms with E-state index in [0.717, 1.165) is 28.6 Å². The van der Waals surface area contributed by atoms with Gasteiger partial charge in [0.25, 0.3) is 17.7 Å². The summed E-state index contributed by atoms with van der Waals surface area (Å²) >= 11 is 6.18. The normalized spacial score (nSPS) is 12.0. The Morgan fingerprint density at radius 1 is 0.691 bits per heavy atom. The van der Waals surface area contributed by atoms with Crippen LogP contribution in [0.3, 0.4) is 0 Å². The van der Waals surface area contributed by atoms with Crippen LogP contribution in [0.1, 0.15) is 75.5 Å². The monoisotopic (exact) mass is 1070 g/mol. The number of esters is 2. The Morgan fingerprint density at radius 3 is 1.57 bits per heavy atom. The maximum Gasteiger partial charge on any atom is 0.339 e. The molecular weight excluding hydrogens is 1030 g/mol. The van der Waals surface area contributed by atoms with Crippen LogP contribution in [-0.2, 0) is 33.9 Å². The number of ether oxygens (including phenoxy) is 2. The average molecular weight is 1070 g/mol. The molecule has 0 spiro atoms. The van der Waals surface area contributed by atoms with E-state index >= 15 is 0 Å². The number of benzene rings is 5. The number of hydrogen-bond donors (Lipinski definition) is 1. The Balaban J connectivity index is 0.000000290. The molecule has 0 aromatic heterocycles. The second-order valence-electron chi connectivity index (χ2n) is 13.8. The fraction of sp³-hybridized carbons (Fsp3) is 0.163. The van der Waals surface area contributed by atoms with E-state index in [2.05, 4.69) is 59.8 Å². The van der Waals surface area contributed by atoms with Crippen molar-refractivity contribution in [2.24, 2.45) is 0 Å². The second kappa shape index (κ2) is 27.4. The van der Waals surface area contributed by atoms with E-state index in [1.807, 2.05) is 0 Å². The van der Waals surface area contributed by atoms with Gasteiger partial charge in [-0.2, -0.15) is 5.26 Å². The van der Waals surface area contributed by atoms with Gasteiger partial charge in [0.2, 0.25) is 0 Å². The van der Waals surface area contributed by atoms with E-state index in [9.17, 15) is 50.7 Å². The molecule has 0 radical (unpaired) electrons. The van der Waals surface area contributed by atoms with Crippen LogP contribution in [0.25, 0.3) is 0 Å². The topological polar surface area (TPSA) is 163 Å². The maximum atomic E-state index is 12.9. The number of aldehydes is 1. The first-order valence-electron chi connectivity index (χ1n) is 19.7. The lowest BCUT2D eigenvalue weighted by Crippen LogP contribution is -2.25. The molecule has 0 atom stereocenters. The summed E-state index contributed by atoms with van der Waals surface area (Å²) in [5.41, 5.74) is 4.22. The Kier molecular flexibility index (Phi) is 22.1. The van der Waals surface area contributed by atoms with E-state index < -0.39 is 23.6 Å². The van der Waals surface area contributed by atoms with Crippen molar-refractivity contribution < 1.29 is 61.6 Å². The quantitative estimate of drug-likeness (QED) is 0.0550. The summed E-state index contributed by atoms with van der Waals surface area (Å²) in [7, 11) is 2.48. The summed E-state index contributed by atoms with van der Waals surface area (Å²) in [6, 6.07) is 21.3. The number of carbonyl (C=O) groups is 6. The van der Waals surface area contributed by atoms with E-state index in [1.54, 1.807) is 23.1 Å². The molecule has 68 heavy (non-hydrogen) atoms. The molecule has 0 saturated carbocycles.